The minimum atomic E-state index is -0.557. The second-order valence-corrected chi connectivity index (χ2v) is 5.88. The minimum absolute atomic E-state index is 0.119. The first-order valence-corrected chi connectivity index (χ1v) is 7.85. The monoisotopic (exact) mass is 355 g/mol. The van der Waals surface area contributed by atoms with Gasteiger partial charge in [0.25, 0.3) is 0 Å². The standard InChI is InChI=1S/C17H16Cl2FNO2/c1-11-9-13(5-6-14(11)19)23-8-2-3-17(22)21-16-7-4-12(18)10-15(16)20/h4-7,9-10H,2-3,8H2,1H3,(H,21,22). The highest BCUT2D eigenvalue weighted by atomic mass is 35.5. The number of anilines is 1. The van der Waals surface area contributed by atoms with E-state index in [1.165, 1.54) is 12.1 Å². The quantitative estimate of drug-likeness (QED) is 0.719. The van der Waals surface area contributed by atoms with Crippen molar-refractivity contribution in [2.75, 3.05) is 11.9 Å². The summed E-state index contributed by atoms with van der Waals surface area (Å²) in [4.78, 5) is 11.8. The highest BCUT2D eigenvalue weighted by Crippen LogP contribution is 2.21. The molecular weight excluding hydrogens is 340 g/mol. The van der Waals surface area contributed by atoms with Gasteiger partial charge in [0.1, 0.15) is 11.6 Å². The third-order valence-corrected chi connectivity index (χ3v) is 3.81. The zero-order valence-corrected chi connectivity index (χ0v) is 14.0. The van der Waals surface area contributed by atoms with Gasteiger partial charge in [-0.3, -0.25) is 4.79 Å². The number of aryl methyl sites for hydroxylation is 1. The van der Waals surface area contributed by atoms with E-state index in [9.17, 15) is 9.18 Å². The van der Waals surface area contributed by atoms with E-state index in [0.717, 1.165) is 11.6 Å². The van der Waals surface area contributed by atoms with E-state index < -0.39 is 5.82 Å². The Hall–Kier alpha value is -1.78. The van der Waals surface area contributed by atoms with Crippen molar-refractivity contribution in [1.29, 1.82) is 0 Å². The molecule has 2 rings (SSSR count). The van der Waals surface area contributed by atoms with Crippen molar-refractivity contribution in [3.63, 3.8) is 0 Å². The normalized spacial score (nSPS) is 10.4. The molecule has 2 aromatic rings. The minimum Gasteiger partial charge on any atom is -0.494 e. The molecule has 0 atom stereocenters. The molecule has 0 saturated carbocycles. The Bertz CT molecular complexity index is 707. The van der Waals surface area contributed by atoms with Gasteiger partial charge in [-0.1, -0.05) is 23.2 Å². The molecule has 1 amide bonds. The lowest BCUT2D eigenvalue weighted by atomic mass is 10.2. The van der Waals surface area contributed by atoms with Crippen LogP contribution in [0, 0.1) is 12.7 Å². The van der Waals surface area contributed by atoms with E-state index in [-0.39, 0.29) is 23.0 Å². The van der Waals surface area contributed by atoms with Crippen LogP contribution >= 0.6 is 23.2 Å². The predicted molar refractivity (Wildman–Crippen MR) is 91.0 cm³/mol. The van der Waals surface area contributed by atoms with Gasteiger partial charge in [0, 0.05) is 16.5 Å². The molecule has 23 heavy (non-hydrogen) atoms. The number of ether oxygens (including phenoxy) is 1. The molecule has 0 unspecified atom stereocenters. The average molecular weight is 356 g/mol. The molecule has 0 aliphatic carbocycles. The Morgan fingerprint density at radius 2 is 2.00 bits per heavy atom. The van der Waals surface area contributed by atoms with Crippen LogP contribution in [-0.4, -0.2) is 12.5 Å². The number of carbonyl (C=O) groups excluding carboxylic acids is 1. The molecule has 6 heteroatoms. The van der Waals surface area contributed by atoms with E-state index in [4.69, 9.17) is 27.9 Å². The second kappa shape index (κ2) is 8.18. The van der Waals surface area contributed by atoms with Gasteiger partial charge in [-0.15, -0.1) is 0 Å². The zero-order chi connectivity index (χ0) is 16.8. The predicted octanol–water partition coefficient (Wildman–Crippen LogP) is 5.24. The van der Waals surface area contributed by atoms with E-state index in [1.807, 2.05) is 13.0 Å². The second-order valence-electron chi connectivity index (χ2n) is 5.04. The molecule has 0 aromatic heterocycles. The van der Waals surface area contributed by atoms with Crippen LogP contribution in [0.4, 0.5) is 10.1 Å². The summed E-state index contributed by atoms with van der Waals surface area (Å²) >= 11 is 11.6. The van der Waals surface area contributed by atoms with Crippen LogP contribution < -0.4 is 10.1 Å². The Kier molecular flexibility index (Phi) is 6.25. The Morgan fingerprint density at radius 1 is 1.22 bits per heavy atom. The maximum atomic E-state index is 13.6. The summed E-state index contributed by atoms with van der Waals surface area (Å²) in [6.07, 6.45) is 0.747. The zero-order valence-electron chi connectivity index (χ0n) is 12.5. The third kappa shape index (κ3) is 5.41. The molecule has 0 saturated heterocycles. The number of hydrogen-bond donors (Lipinski definition) is 1. The lowest BCUT2D eigenvalue weighted by molar-refractivity contribution is -0.116. The fourth-order valence-electron chi connectivity index (χ4n) is 1.93. The highest BCUT2D eigenvalue weighted by molar-refractivity contribution is 6.31. The summed E-state index contributed by atoms with van der Waals surface area (Å²) in [5, 5.41) is 3.47. The molecule has 2 aromatic carbocycles. The lowest BCUT2D eigenvalue weighted by Crippen LogP contribution is -2.13. The number of rotatable bonds is 6. The van der Waals surface area contributed by atoms with Crippen molar-refractivity contribution in [2.45, 2.75) is 19.8 Å². The molecule has 122 valence electrons. The van der Waals surface area contributed by atoms with Gasteiger partial charge in [-0.2, -0.15) is 0 Å². The fraction of sp³-hybridized carbons (Fsp3) is 0.235. The molecular formula is C17H16Cl2FNO2. The molecule has 0 bridgehead atoms. The van der Waals surface area contributed by atoms with Crippen molar-refractivity contribution < 1.29 is 13.9 Å². The van der Waals surface area contributed by atoms with Crippen LogP contribution in [0.3, 0.4) is 0 Å². The van der Waals surface area contributed by atoms with E-state index in [2.05, 4.69) is 5.32 Å². The lowest BCUT2D eigenvalue weighted by Gasteiger charge is -2.09. The molecule has 0 spiro atoms. The first-order valence-electron chi connectivity index (χ1n) is 7.09. The van der Waals surface area contributed by atoms with Gasteiger partial charge in [-0.25, -0.2) is 4.39 Å². The van der Waals surface area contributed by atoms with Crippen LogP contribution in [0.2, 0.25) is 10.0 Å². The smallest absolute Gasteiger partial charge is 0.224 e. The van der Waals surface area contributed by atoms with Crippen molar-refractivity contribution in [3.8, 4) is 5.75 Å². The summed E-state index contributed by atoms with van der Waals surface area (Å²) in [6, 6.07) is 9.49. The van der Waals surface area contributed by atoms with Crippen molar-refractivity contribution in [3.05, 3.63) is 57.8 Å². The van der Waals surface area contributed by atoms with Crippen LogP contribution in [0.25, 0.3) is 0 Å². The molecule has 0 aliphatic rings. The van der Waals surface area contributed by atoms with Crippen LogP contribution in [-0.2, 0) is 4.79 Å². The molecule has 1 N–H and O–H groups in total. The highest BCUT2D eigenvalue weighted by Gasteiger charge is 2.07. The SMILES string of the molecule is Cc1cc(OCCCC(=O)Nc2ccc(Cl)cc2F)ccc1Cl. The third-order valence-electron chi connectivity index (χ3n) is 3.15. The van der Waals surface area contributed by atoms with Crippen molar-refractivity contribution in [2.24, 2.45) is 0 Å². The first kappa shape index (κ1) is 17.6. The van der Waals surface area contributed by atoms with Crippen molar-refractivity contribution in [1.82, 2.24) is 0 Å². The van der Waals surface area contributed by atoms with E-state index in [1.54, 1.807) is 12.1 Å². The summed E-state index contributed by atoms with van der Waals surface area (Å²) in [6.45, 7) is 2.28. The topological polar surface area (TPSA) is 38.3 Å². The summed E-state index contributed by atoms with van der Waals surface area (Å²) in [7, 11) is 0. The number of benzene rings is 2. The summed E-state index contributed by atoms with van der Waals surface area (Å²) in [5.41, 5.74) is 1.05. The molecule has 3 nitrogen and oxygen atoms in total. The number of carbonyl (C=O) groups is 1. The van der Waals surface area contributed by atoms with Gasteiger partial charge in [0.2, 0.25) is 5.91 Å². The van der Waals surface area contributed by atoms with Crippen molar-refractivity contribution >= 4 is 34.8 Å². The molecule has 0 heterocycles. The van der Waals surface area contributed by atoms with Gasteiger partial charge in [-0.05, 0) is 55.3 Å². The van der Waals surface area contributed by atoms with Gasteiger partial charge < -0.3 is 10.1 Å². The van der Waals surface area contributed by atoms with E-state index in [0.29, 0.717) is 23.8 Å². The van der Waals surface area contributed by atoms with Crippen LogP contribution in [0.5, 0.6) is 5.75 Å². The number of nitrogens with one attached hydrogen (secondary N) is 1. The van der Waals surface area contributed by atoms with Crippen LogP contribution in [0.15, 0.2) is 36.4 Å². The maximum Gasteiger partial charge on any atom is 0.224 e. The average Bonchev–Trinajstić information content (AvgIpc) is 2.50. The summed E-state index contributed by atoms with van der Waals surface area (Å²) < 4.78 is 19.1. The first-order chi connectivity index (χ1) is 11.0. The Morgan fingerprint density at radius 3 is 2.70 bits per heavy atom. The molecule has 0 aliphatic heterocycles. The fourth-order valence-corrected chi connectivity index (χ4v) is 2.21. The molecule has 0 radical (unpaired) electrons. The maximum absolute atomic E-state index is 13.6. The number of halogens is 3. The molecule has 0 fully saturated rings. The summed E-state index contributed by atoms with van der Waals surface area (Å²) in [5.74, 6) is -0.128. The number of hydrogen-bond acceptors (Lipinski definition) is 2. The Labute approximate surface area is 144 Å². The van der Waals surface area contributed by atoms with Gasteiger partial charge in [0.15, 0.2) is 0 Å². The van der Waals surface area contributed by atoms with Crippen LogP contribution in [0.1, 0.15) is 18.4 Å². The van der Waals surface area contributed by atoms with Gasteiger partial charge in [0.05, 0.1) is 12.3 Å². The largest absolute Gasteiger partial charge is 0.494 e. The van der Waals surface area contributed by atoms with Gasteiger partial charge >= 0.3 is 0 Å². The Balaban J connectivity index is 1.75. The van der Waals surface area contributed by atoms with E-state index >= 15 is 0 Å². The number of amides is 1.